The molecule has 1 heterocycles. The molecule has 0 atom stereocenters. The summed E-state index contributed by atoms with van der Waals surface area (Å²) >= 11 is 0. The molecule has 146 valence electrons. The summed E-state index contributed by atoms with van der Waals surface area (Å²) in [6.07, 6.45) is 0.771. The molecule has 0 saturated carbocycles. The minimum atomic E-state index is -0.513. The molecule has 4 rings (SSSR count). The van der Waals surface area contributed by atoms with Crippen LogP contribution in [0.4, 0.5) is 10.2 Å². The molecule has 4 aromatic rings. The number of benzene rings is 3. The van der Waals surface area contributed by atoms with Gasteiger partial charge in [-0.15, -0.1) is 0 Å². The second kappa shape index (κ2) is 8.02. The van der Waals surface area contributed by atoms with E-state index >= 15 is 0 Å². The summed E-state index contributed by atoms with van der Waals surface area (Å²) in [5, 5.41) is 22.6. The lowest BCUT2D eigenvalue weighted by molar-refractivity contribution is 0.112. The van der Waals surface area contributed by atoms with Crippen molar-refractivity contribution in [2.45, 2.75) is 6.54 Å². The molecule has 0 fully saturated rings. The van der Waals surface area contributed by atoms with E-state index in [0.717, 1.165) is 23.5 Å². The summed E-state index contributed by atoms with van der Waals surface area (Å²) in [7, 11) is 0. The normalized spacial score (nSPS) is 10.5. The lowest BCUT2D eigenvalue weighted by Gasteiger charge is -2.11. The van der Waals surface area contributed by atoms with E-state index in [1.807, 2.05) is 30.3 Å². The van der Waals surface area contributed by atoms with Crippen LogP contribution in [0.25, 0.3) is 22.0 Å². The fraction of sp³-hybridized carbons (Fsp3) is 0.0417. The lowest BCUT2D eigenvalue weighted by atomic mass is 10.0. The lowest BCUT2D eigenvalue weighted by Crippen LogP contribution is -2.03. The number of fused-ring (bicyclic) bond motifs is 1. The number of aldehydes is 1. The predicted octanol–water partition coefficient (Wildman–Crippen LogP) is 5.04. The van der Waals surface area contributed by atoms with Crippen molar-refractivity contribution in [3.63, 3.8) is 0 Å². The van der Waals surface area contributed by atoms with Crippen molar-refractivity contribution in [2.75, 3.05) is 5.32 Å². The molecular weight excluding hydrogens is 381 g/mol. The number of carbonyl (C=O) groups excluding carboxylic acids is 1. The third-order valence-corrected chi connectivity index (χ3v) is 4.82. The minimum Gasteiger partial charge on any atom is -0.507 e. The number of rotatable bonds is 5. The van der Waals surface area contributed by atoms with E-state index in [9.17, 15) is 14.3 Å². The number of pyridine rings is 1. The maximum Gasteiger partial charge on any atom is 0.150 e. The van der Waals surface area contributed by atoms with Crippen LogP contribution >= 0.6 is 0 Å². The Hall–Kier alpha value is -4.24. The molecule has 0 aliphatic rings. The molecule has 2 N–H and O–H groups in total. The number of hydrogen-bond acceptors (Lipinski definition) is 5. The number of phenolic OH excluding ortho intramolecular Hbond substituents is 1. The molecule has 0 spiro atoms. The van der Waals surface area contributed by atoms with Crippen LogP contribution in [0.5, 0.6) is 5.75 Å². The third-order valence-electron chi connectivity index (χ3n) is 4.82. The quantitative estimate of drug-likeness (QED) is 0.461. The van der Waals surface area contributed by atoms with E-state index in [-0.39, 0.29) is 12.3 Å². The zero-order valence-corrected chi connectivity index (χ0v) is 15.8. The van der Waals surface area contributed by atoms with Gasteiger partial charge >= 0.3 is 0 Å². The van der Waals surface area contributed by atoms with Gasteiger partial charge in [-0.2, -0.15) is 5.26 Å². The molecule has 1 aromatic heterocycles. The topological polar surface area (TPSA) is 86.0 Å². The van der Waals surface area contributed by atoms with Crippen molar-refractivity contribution in [3.8, 4) is 22.9 Å². The molecule has 0 bridgehead atoms. The zero-order valence-electron chi connectivity index (χ0n) is 15.8. The summed E-state index contributed by atoms with van der Waals surface area (Å²) in [6, 6.07) is 20.4. The Bertz CT molecular complexity index is 1290. The fourth-order valence-corrected chi connectivity index (χ4v) is 3.23. The summed E-state index contributed by atoms with van der Waals surface area (Å²) in [4.78, 5) is 16.2. The molecule has 0 saturated heterocycles. The third kappa shape index (κ3) is 3.82. The summed E-state index contributed by atoms with van der Waals surface area (Å²) in [5.41, 5.74) is 4.06. The second-order valence-corrected chi connectivity index (χ2v) is 6.76. The molecule has 0 unspecified atom stereocenters. The van der Waals surface area contributed by atoms with Crippen LogP contribution in [0.3, 0.4) is 0 Å². The molecule has 30 heavy (non-hydrogen) atoms. The van der Waals surface area contributed by atoms with Crippen molar-refractivity contribution in [1.29, 1.82) is 5.26 Å². The van der Waals surface area contributed by atoms with E-state index < -0.39 is 5.82 Å². The maximum atomic E-state index is 13.1. The van der Waals surface area contributed by atoms with Gasteiger partial charge in [0.2, 0.25) is 0 Å². The molecule has 3 aromatic carbocycles. The Morgan fingerprint density at radius 1 is 1.03 bits per heavy atom. The minimum absolute atomic E-state index is 0.147. The number of nitriles is 1. The van der Waals surface area contributed by atoms with Crippen LogP contribution in [0.15, 0.2) is 66.7 Å². The molecule has 0 aliphatic heterocycles. The number of halogens is 1. The van der Waals surface area contributed by atoms with Gasteiger partial charge in [0.15, 0.2) is 6.29 Å². The number of hydrogen-bond donors (Lipinski definition) is 2. The van der Waals surface area contributed by atoms with Crippen molar-refractivity contribution >= 4 is 23.0 Å². The first kappa shape index (κ1) is 19.1. The maximum absolute atomic E-state index is 13.1. The van der Waals surface area contributed by atoms with Gasteiger partial charge in [-0.3, -0.25) is 4.79 Å². The first-order valence-corrected chi connectivity index (χ1v) is 9.19. The summed E-state index contributed by atoms with van der Waals surface area (Å²) < 4.78 is 13.1. The van der Waals surface area contributed by atoms with Crippen LogP contribution < -0.4 is 5.32 Å². The molecule has 5 nitrogen and oxygen atoms in total. The van der Waals surface area contributed by atoms with Crippen molar-refractivity contribution in [1.82, 2.24) is 4.98 Å². The van der Waals surface area contributed by atoms with E-state index in [1.54, 1.807) is 18.2 Å². The highest BCUT2D eigenvalue weighted by Crippen LogP contribution is 2.28. The fourth-order valence-electron chi connectivity index (χ4n) is 3.23. The zero-order chi connectivity index (χ0) is 21.1. The average Bonchev–Trinajstić information content (AvgIpc) is 2.77. The molecule has 0 radical (unpaired) electrons. The second-order valence-electron chi connectivity index (χ2n) is 6.76. The van der Waals surface area contributed by atoms with Crippen LogP contribution in [0.2, 0.25) is 0 Å². The number of anilines is 1. The molecule has 6 heteroatoms. The van der Waals surface area contributed by atoms with Crippen LogP contribution in [0.1, 0.15) is 21.5 Å². The molecule has 0 aliphatic carbocycles. The van der Waals surface area contributed by atoms with E-state index in [0.29, 0.717) is 33.4 Å². The van der Waals surface area contributed by atoms with Crippen LogP contribution in [0, 0.1) is 17.1 Å². The highest BCUT2D eigenvalue weighted by Gasteiger charge is 2.09. The first-order chi connectivity index (χ1) is 14.6. The van der Waals surface area contributed by atoms with Gasteiger partial charge in [-0.25, -0.2) is 9.37 Å². The average molecular weight is 397 g/mol. The number of nitrogens with zero attached hydrogens (tertiary/aromatic N) is 2. The predicted molar refractivity (Wildman–Crippen MR) is 113 cm³/mol. The summed E-state index contributed by atoms with van der Waals surface area (Å²) in [6.45, 7) is 0.228. The van der Waals surface area contributed by atoms with E-state index in [4.69, 9.17) is 5.26 Å². The Labute approximate surface area is 172 Å². The van der Waals surface area contributed by atoms with Crippen molar-refractivity contribution < 1.29 is 14.3 Å². The Kier molecular flexibility index (Phi) is 5.10. The SMILES string of the molecule is N#Cc1ccc(-c2ccc3nc(NCc4ccc(F)cc4O)cc(C=O)c3c2)cc1. The highest BCUT2D eigenvalue weighted by atomic mass is 19.1. The van der Waals surface area contributed by atoms with Gasteiger partial charge in [0, 0.05) is 29.1 Å². The van der Waals surface area contributed by atoms with E-state index in [2.05, 4.69) is 16.4 Å². The van der Waals surface area contributed by atoms with Gasteiger partial charge in [0.25, 0.3) is 0 Å². The standard InChI is InChI=1S/C24H16FN3O2/c25-20-7-5-18(23(30)11-20)13-27-24-10-19(14-29)21-9-17(6-8-22(21)28-24)16-3-1-15(12-26)2-4-16/h1-11,14,30H,13H2,(H,27,28). The number of aromatic hydroxyl groups is 1. The summed E-state index contributed by atoms with van der Waals surface area (Å²) in [5.74, 6) is -0.188. The van der Waals surface area contributed by atoms with E-state index in [1.165, 1.54) is 12.1 Å². The number of carbonyl (C=O) groups is 1. The number of aromatic nitrogens is 1. The number of phenols is 1. The van der Waals surface area contributed by atoms with Gasteiger partial charge in [-0.1, -0.05) is 24.3 Å². The number of nitrogens with one attached hydrogen (secondary N) is 1. The monoisotopic (exact) mass is 397 g/mol. The van der Waals surface area contributed by atoms with Crippen molar-refractivity contribution in [3.05, 3.63) is 89.2 Å². The van der Waals surface area contributed by atoms with Gasteiger partial charge < -0.3 is 10.4 Å². The first-order valence-electron chi connectivity index (χ1n) is 9.19. The molecular formula is C24H16FN3O2. The van der Waals surface area contributed by atoms with Gasteiger partial charge in [-0.05, 0) is 47.5 Å². The van der Waals surface area contributed by atoms with Gasteiger partial charge in [0.1, 0.15) is 17.4 Å². The van der Waals surface area contributed by atoms with Crippen molar-refractivity contribution in [2.24, 2.45) is 0 Å². The largest absolute Gasteiger partial charge is 0.507 e. The molecule has 0 amide bonds. The Balaban J connectivity index is 1.65. The van der Waals surface area contributed by atoms with Gasteiger partial charge in [0.05, 0.1) is 17.1 Å². The smallest absolute Gasteiger partial charge is 0.150 e. The Morgan fingerprint density at radius 3 is 2.50 bits per heavy atom. The highest BCUT2D eigenvalue weighted by molar-refractivity contribution is 5.99. The van der Waals surface area contributed by atoms with Crippen LogP contribution in [-0.4, -0.2) is 16.4 Å². The van der Waals surface area contributed by atoms with Crippen LogP contribution in [-0.2, 0) is 6.54 Å². The Morgan fingerprint density at radius 2 is 1.80 bits per heavy atom.